The highest BCUT2D eigenvalue weighted by Crippen LogP contribution is 2.32. The van der Waals surface area contributed by atoms with Crippen LogP contribution in [-0.4, -0.2) is 51.0 Å². The monoisotopic (exact) mass is 336 g/mol. The first-order chi connectivity index (χ1) is 11.3. The predicted octanol–water partition coefficient (Wildman–Crippen LogP) is 4.10. The molecule has 4 nitrogen and oxygen atoms in total. The fourth-order valence-electron chi connectivity index (χ4n) is 3.94. The topological polar surface area (TPSA) is 34.0 Å². The van der Waals surface area contributed by atoms with Gasteiger partial charge in [-0.2, -0.15) is 11.8 Å². The van der Waals surface area contributed by atoms with Crippen molar-refractivity contribution in [1.29, 1.82) is 0 Å². The summed E-state index contributed by atoms with van der Waals surface area (Å²) in [5.74, 6) is 0.672. The first-order valence-corrected chi connectivity index (χ1v) is 10.7. The van der Waals surface area contributed by atoms with E-state index in [1.807, 2.05) is 11.8 Å². The van der Waals surface area contributed by atoms with Crippen LogP contribution in [-0.2, 0) is 0 Å². The molecule has 130 valence electrons. The third-order valence-electron chi connectivity index (χ3n) is 5.74. The summed E-state index contributed by atoms with van der Waals surface area (Å²) in [6.07, 6.45) is 15.0. The molecule has 0 N–H and O–H groups in total. The quantitative estimate of drug-likeness (QED) is 0.783. The molecule has 2 aliphatic rings. The van der Waals surface area contributed by atoms with E-state index in [-0.39, 0.29) is 0 Å². The normalized spacial score (nSPS) is 23.2. The molecule has 0 bridgehead atoms. The van der Waals surface area contributed by atoms with Crippen molar-refractivity contribution in [3.05, 3.63) is 11.9 Å². The van der Waals surface area contributed by atoms with Gasteiger partial charge in [-0.15, -0.1) is 5.10 Å². The summed E-state index contributed by atoms with van der Waals surface area (Å²) in [4.78, 5) is 2.63. The second-order valence-corrected chi connectivity index (χ2v) is 8.64. The van der Waals surface area contributed by atoms with Crippen LogP contribution in [0.25, 0.3) is 0 Å². The zero-order valence-corrected chi connectivity index (χ0v) is 15.6. The molecule has 0 spiro atoms. The van der Waals surface area contributed by atoms with Crippen LogP contribution in [0, 0.1) is 0 Å². The van der Waals surface area contributed by atoms with Crippen molar-refractivity contribution in [3.8, 4) is 0 Å². The van der Waals surface area contributed by atoms with Gasteiger partial charge >= 0.3 is 0 Å². The van der Waals surface area contributed by atoms with E-state index in [1.54, 1.807) is 0 Å². The van der Waals surface area contributed by atoms with Gasteiger partial charge in [-0.3, -0.25) is 0 Å². The Morgan fingerprint density at radius 3 is 2.61 bits per heavy atom. The van der Waals surface area contributed by atoms with Crippen LogP contribution in [0.1, 0.15) is 75.9 Å². The lowest BCUT2D eigenvalue weighted by atomic mass is 9.87. The number of thioether (sulfide) groups is 1. The molecule has 3 rings (SSSR count). The number of likely N-dealkylation sites (tertiary alicyclic amines) is 1. The van der Waals surface area contributed by atoms with Crippen LogP contribution in [0.5, 0.6) is 0 Å². The Morgan fingerprint density at radius 1 is 1.17 bits per heavy atom. The van der Waals surface area contributed by atoms with Crippen molar-refractivity contribution in [3.63, 3.8) is 0 Å². The van der Waals surface area contributed by atoms with Crippen LogP contribution in [0.15, 0.2) is 6.20 Å². The molecular formula is C18H32N4S. The Balaban J connectivity index is 1.47. The average molecular weight is 337 g/mol. The van der Waals surface area contributed by atoms with E-state index in [9.17, 15) is 0 Å². The molecule has 0 aromatic carbocycles. The van der Waals surface area contributed by atoms with E-state index in [2.05, 4.69) is 39.3 Å². The van der Waals surface area contributed by atoms with Gasteiger partial charge in [0.1, 0.15) is 0 Å². The van der Waals surface area contributed by atoms with Crippen molar-refractivity contribution < 1.29 is 0 Å². The smallest absolute Gasteiger partial charge is 0.0858 e. The lowest BCUT2D eigenvalue weighted by molar-refractivity contribution is 0.177. The van der Waals surface area contributed by atoms with Gasteiger partial charge in [-0.05, 0) is 44.9 Å². The Hall–Kier alpha value is -0.550. The zero-order valence-electron chi connectivity index (χ0n) is 14.8. The van der Waals surface area contributed by atoms with Gasteiger partial charge in [-0.25, -0.2) is 4.68 Å². The molecule has 0 amide bonds. The maximum atomic E-state index is 4.50. The second kappa shape index (κ2) is 8.52. The minimum atomic E-state index is 0.564. The van der Waals surface area contributed by atoms with Gasteiger partial charge < -0.3 is 4.90 Å². The summed E-state index contributed by atoms with van der Waals surface area (Å²) in [6, 6.07) is 0.564. The molecule has 1 aliphatic carbocycles. The van der Waals surface area contributed by atoms with Crippen molar-refractivity contribution >= 4 is 11.8 Å². The van der Waals surface area contributed by atoms with Gasteiger partial charge in [-0.1, -0.05) is 31.4 Å². The van der Waals surface area contributed by atoms with Crippen molar-refractivity contribution in [2.75, 3.05) is 25.9 Å². The van der Waals surface area contributed by atoms with Crippen LogP contribution in [0.4, 0.5) is 0 Å². The van der Waals surface area contributed by atoms with E-state index < -0.39 is 0 Å². The maximum absolute atomic E-state index is 4.50. The number of piperidine rings is 1. The molecule has 0 unspecified atom stereocenters. The molecule has 1 aromatic rings. The van der Waals surface area contributed by atoms with E-state index in [4.69, 9.17) is 0 Å². The fraction of sp³-hybridized carbons (Fsp3) is 0.889. The Labute approximate surface area is 145 Å². The molecule has 23 heavy (non-hydrogen) atoms. The fourth-order valence-corrected chi connectivity index (χ4v) is 4.29. The maximum Gasteiger partial charge on any atom is 0.0858 e. The SMILES string of the molecule is CS[C@@H](C)CCN1CCC(n2cc(C3CCCCC3)nn2)CC1. The van der Waals surface area contributed by atoms with Gasteiger partial charge in [0.2, 0.25) is 0 Å². The summed E-state index contributed by atoms with van der Waals surface area (Å²) in [7, 11) is 0. The van der Waals surface area contributed by atoms with Crippen LogP contribution in [0.3, 0.4) is 0 Å². The van der Waals surface area contributed by atoms with Crippen molar-refractivity contribution in [2.24, 2.45) is 0 Å². The average Bonchev–Trinajstić information content (AvgIpc) is 3.11. The van der Waals surface area contributed by atoms with Crippen molar-refractivity contribution in [1.82, 2.24) is 19.9 Å². The number of rotatable bonds is 6. The van der Waals surface area contributed by atoms with E-state index in [0.29, 0.717) is 12.0 Å². The Morgan fingerprint density at radius 2 is 1.91 bits per heavy atom. The highest BCUT2D eigenvalue weighted by atomic mass is 32.2. The van der Waals surface area contributed by atoms with E-state index in [0.717, 1.165) is 5.25 Å². The molecule has 5 heteroatoms. The van der Waals surface area contributed by atoms with Gasteiger partial charge in [0.05, 0.1) is 11.7 Å². The van der Waals surface area contributed by atoms with Gasteiger partial charge in [0.25, 0.3) is 0 Å². The highest BCUT2D eigenvalue weighted by Gasteiger charge is 2.24. The van der Waals surface area contributed by atoms with E-state index >= 15 is 0 Å². The van der Waals surface area contributed by atoms with Gasteiger partial charge in [0.15, 0.2) is 0 Å². The van der Waals surface area contributed by atoms with Gasteiger partial charge in [0, 0.05) is 30.5 Å². The molecule has 0 radical (unpaired) electrons. The number of nitrogens with zero attached hydrogens (tertiary/aromatic N) is 4. The summed E-state index contributed by atoms with van der Waals surface area (Å²) in [6.45, 7) is 6.01. The zero-order chi connectivity index (χ0) is 16.1. The minimum Gasteiger partial charge on any atom is -0.303 e. The largest absolute Gasteiger partial charge is 0.303 e. The van der Waals surface area contributed by atoms with Crippen molar-refractivity contribution in [2.45, 2.75) is 75.5 Å². The Bertz CT molecular complexity index is 461. The minimum absolute atomic E-state index is 0.564. The molecule has 1 aromatic heterocycles. The standard InChI is InChI=1S/C18H32N4S/c1-15(23-2)8-11-21-12-9-17(10-13-21)22-14-18(19-20-22)16-6-4-3-5-7-16/h14-17H,3-13H2,1-2H3/t15-/m0/s1. The third kappa shape index (κ3) is 4.72. The summed E-state index contributed by atoms with van der Waals surface area (Å²) in [5, 5.41) is 9.75. The molecule has 2 fully saturated rings. The molecule has 1 aliphatic heterocycles. The lowest BCUT2D eigenvalue weighted by Crippen LogP contribution is -2.36. The molecule has 1 saturated carbocycles. The third-order valence-corrected chi connectivity index (χ3v) is 6.78. The number of hydrogen-bond acceptors (Lipinski definition) is 4. The predicted molar refractivity (Wildman–Crippen MR) is 98.2 cm³/mol. The molecule has 2 heterocycles. The summed E-state index contributed by atoms with van der Waals surface area (Å²) < 4.78 is 2.17. The molecule has 1 atom stereocenters. The first-order valence-electron chi connectivity index (χ1n) is 9.43. The Kier molecular flexibility index (Phi) is 6.40. The second-order valence-electron chi connectivity index (χ2n) is 7.37. The lowest BCUT2D eigenvalue weighted by Gasteiger charge is -2.32. The summed E-state index contributed by atoms with van der Waals surface area (Å²) in [5.41, 5.74) is 1.25. The summed E-state index contributed by atoms with van der Waals surface area (Å²) >= 11 is 1.98. The van der Waals surface area contributed by atoms with E-state index in [1.165, 1.54) is 76.7 Å². The van der Waals surface area contributed by atoms with Crippen LogP contribution < -0.4 is 0 Å². The van der Waals surface area contributed by atoms with Crippen LogP contribution in [0.2, 0.25) is 0 Å². The number of hydrogen-bond donors (Lipinski definition) is 0. The first kappa shape index (κ1) is 17.3. The number of aromatic nitrogens is 3. The molecule has 1 saturated heterocycles. The highest BCUT2D eigenvalue weighted by molar-refractivity contribution is 7.99. The molecular weight excluding hydrogens is 304 g/mol. The van der Waals surface area contributed by atoms with Crippen LogP contribution >= 0.6 is 11.8 Å².